The second-order valence-corrected chi connectivity index (χ2v) is 6.49. The van der Waals surface area contributed by atoms with Crippen molar-refractivity contribution in [2.24, 2.45) is 0 Å². The van der Waals surface area contributed by atoms with Gasteiger partial charge in [0.2, 0.25) is 0 Å². The maximum Gasteiger partial charge on any atom is 0.348 e. The third-order valence-electron chi connectivity index (χ3n) is 2.90. The van der Waals surface area contributed by atoms with E-state index in [1.807, 2.05) is 41.8 Å². The number of carbonyl (C=O) groups excluding carboxylic acids is 1. The van der Waals surface area contributed by atoms with Gasteiger partial charge in [-0.3, -0.25) is 0 Å². The number of anilines is 1. The summed E-state index contributed by atoms with van der Waals surface area (Å²) in [5, 5.41) is 3.01. The van der Waals surface area contributed by atoms with E-state index in [4.69, 9.17) is 10.5 Å². The molecule has 0 fully saturated rings. The first-order valence-electron chi connectivity index (χ1n) is 6.21. The molecule has 0 amide bonds. The minimum absolute atomic E-state index is 0.263. The number of nitrogens with two attached hydrogens (primary N) is 1. The van der Waals surface area contributed by atoms with Gasteiger partial charge < -0.3 is 10.5 Å². The first-order chi connectivity index (χ1) is 9.72. The van der Waals surface area contributed by atoms with E-state index in [-0.39, 0.29) is 5.97 Å². The molecule has 3 rings (SSSR count). The van der Waals surface area contributed by atoms with E-state index in [9.17, 15) is 4.79 Å². The summed E-state index contributed by atoms with van der Waals surface area (Å²) >= 11 is 3.11. The van der Waals surface area contributed by atoms with Crippen molar-refractivity contribution in [3.8, 4) is 0 Å². The van der Waals surface area contributed by atoms with Gasteiger partial charge in [0.15, 0.2) is 0 Å². The Morgan fingerprint density at radius 3 is 2.95 bits per heavy atom. The monoisotopic (exact) mass is 303 g/mol. The molecular weight excluding hydrogens is 290 g/mol. The number of hydrogen-bond acceptors (Lipinski definition) is 5. The highest BCUT2D eigenvalue weighted by molar-refractivity contribution is 7.20. The van der Waals surface area contributed by atoms with Crippen LogP contribution in [-0.4, -0.2) is 12.6 Å². The van der Waals surface area contributed by atoms with Crippen LogP contribution >= 0.6 is 22.7 Å². The zero-order valence-electron chi connectivity index (χ0n) is 10.7. The Bertz CT molecular complexity index is 732. The molecular formula is C15H13NO2S2. The molecule has 0 aliphatic carbocycles. The molecule has 102 valence electrons. The largest absolute Gasteiger partial charge is 0.461 e. The molecule has 0 saturated heterocycles. The summed E-state index contributed by atoms with van der Waals surface area (Å²) in [5.41, 5.74) is 6.44. The van der Waals surface area contributed by atoms with Crippen LogP contribution in [0.25, 0.3) is 10.1 Å². The van der Waals surface area contributed by atoms with Gasteiger partial charge in [-0.15, -0.1) is 22.7 Å². The molecule has 3 aromatic rings. The van der Waals surface area contributed by atoms with Gasteiger partial charge in [0.25, 0.3) is 0 Å². The fourth-order valence-corrected chi connectivity index (χ4v) is 3.56. The Kier molecular flexibility index (Phi) is 3.71. The summed E-state index contributed by atoms with van der Waals surface area (Å²) in [5.74, 6) is -0.263. The molecule has 0 radical (unpaired) electrons. The lowest BCUT2D eigenvalue weighted by Gasteiger charge is -2.01. The van der Waals surface area contributed by atoms with Crippen molar-refractivity contribution in [1.82, 2.24) is 0 Å². The van der Waals surface area contributed by atoms with Crippen LogP contribution in [0.5, 0.6) is 0 Å². The molecule has 0 spiro atoms. The summed E-state index contributed by atoms with van der Waals surface area (Å²) in [4.78, 5) is 13.8. The Labute approximate surface area is 124 Å². The number of thiophene rings is 2. The fourth-order valence-electron chi connectivity index (χ4n) is 1.93. The van der Waals surface area contributed by atoms with Crippen molar-refractivity contribution in [2.45, 2.75) is 6.42 Å². The predicted octanol–water partition coefficient (Wildman–Crippen LogP) is 3.94. The minimum atomic E-state index is -0.263. The van der Waals surface area contributed by atoms with Crippen molar-refractivity contribution in [1.29, 1.82) is 0 Å². The summed E-state index contributed by atoms with van der Waals surface area (Å²) in [6, 6.07) is 11.5. The summed E-state index contributed by atoms with van der Waals surface area (Å²) in [6.07, 6.45) is 0.765. The van der Waals surface area contributed by atoms with Crippen molar-refractivity contribution in [3.63, 3.8) is 0 Å². The number of carbonyl (C=O) groups is 1. The number of rotatable bonds is 4. The quantitative estimate of drug-likeness (QED) is 0.586. The molecule has 0 atom stereocenters. The third kappa shape index (κ3) is 2.84. The molecule has 0 unspecified atom stereocenters. The molecule has 0 aliphatic rings. The second kappa shape index (κ2) is 5.64. The predicted molar refractivity (Wildman–Crippen MR) is 84.5 cm³/mol. The number of fused-ring (bicyclic) bond motifs is 1. The van der Waals surface area contributed by atoms with Crippen molar-refractivity contribution in [3.05, 3.63) is 51.5 Å². The average molecular weight is 303 g/mol. The molecule has 20 heavy (non-hydrogen) atoms. The van der Waals surface area contributed by atoms with Gasteiger partial charge in [0.05, 0.1) is 6.61 Å². The lowest BCUT2D eigenvalue weighted by molar-refractivity contribution is 0.0516. The maximum atomic E-state index is 12.0. The Balaban J connectivity index is 1.66. The second-order valence-electron chi connectivity index (χ2n) is 4.37. The number of nitrogen functional groups attached to an aromatic ring is 1. The van der Waals surface area contributed by atoms with Crippen LogP contribution in [-0.2, 0) is 11.2 Å². The molecule has 0 bridgehead atoms. The van der Waals surface area contributed by atoms with Crippen LogP contribution in [0.15, 0.2) is 41.8 Å². The van der Waals surface area contributed by atoms with E-state index >= 15 is 0 Å². The van der Waals surface area contributed by atoms with Crippen molar-refractivity contribution in [2.75, 3.05) is 12.3 Å². The first-order valence-corrected chi connectivity index (χ1v) is 7.90. The Hall–Kier alpha value is -1.85. The summed E-state index contributed by atoms with van der Waals surface area (Å²) in [7, 11) is 0. The fraction of sp³-hybridized carbons (Fsp3) is 0.133. The summed E-state index contributed by atoms with van der Waals surface area (Å²) < 4.78 is 6.35. The van der Waals surface area contributed by atoms with Gasteiger partial charge in [-0.2, -0.15) is 0 Å². The summed E-state index contributed by atoms with van der Waals surface area (Å²) in [6.45, 7) is 0.412. The van der Waals surface area contributed by atoms with Gasteiger partial charge in [0, 0.05) is 21.7 Å². The number of hydrogen-bond donors (Lipinski definition) is 1. The highest BCUT2D eigenvalue weighted by Crippen LogP contribution is 2.27. The minimum Gasteiger partial charge on any atom is -0.461 e. The van der Waals surface area contributed by atoms with E-state index < -0.39 is 0 Å². The van der Waals surface area contributed by atoms with Gasteiger partial charge in [-0.05, 0) is 41.1 Å². The van der Waals surface area contributed by atoms with Crippen LogP contribution in [0, 0.1) is 0 Å². The van der Waals surface area contributed by atoms with Crippen molar-refractivity contribution < 1.29 is 9.53 Å². The van der Waals surface area contributed by atoms with Gasteiger partial charge >= 0.3 is 5.97 Å². The topological polar surface area (TPSA) is 52.3 Å². The van der Waals surface area contributed by atoms with Crippen molar-refractivity contribution >= 4 is 44.4 Å². The van der Waals surface area contributed by atoms with Gasteiger partial charge in [0.1, 0.15) is 4.88 Å². The molecule has 0 saturated carbocycles. The standard InChI is InChI=1S/C15H13NO2S2/c16-11-3-4-13-10(8-11)9-14(20-13)15(17)18-6-5-12-2-1-7-19-12/h1-4,7-9H,5-6,16H2. The van der Waals surface area contributed by atoms with E-state index in [0.29, 0.717) is 17.2 Å². The Morgan fingerprint density at radius 1 is 1.25 bits per heavy atom. The smallest absolute Gasteiger partial charge is 0.348 e. The molecule has 2 heterocycles. The molecule has 2 aromatic heterocycles. The lowest BCUT2D eigenvalue weighted by atomic mass is 10.2. The average Bonchev–Trinajstić information content (AvgIpc) is 3.06. The zero-order valence-corrected chi connectivity index (χ0v) is 12.3. The highest BCUT2D eigenvalue weighted by atomic mass is 32.1. The van der Waals surface area contributed by atoms with Crippen LogP contribution in [0.1, 0.15) is 14.5 Å². The van der Waals surface area contributed by atoms with Gasteiger partial charge in [-0.25, -0.2) is 4.79 Å². The molecule has 3 nitrogen and oxygen atoms in total. The third-order valence-corrected chi connectivity index (χ3v) is 4.94. The molecule has 0 aliphatic heterocycles. The molecule has 1 aromatic carbocycles. The van der Waals surface area contributed by atoms with Gasteiger partial charge in [-0.1, -0.05) is 6.07 Å². The van der Waals surface area contributed by atoms with E-state index in [1.165, 1.54) is 16.2 Å². The molecule has 5 heteroatoms. The Morgan fingerprint density at radius 2 is 2.15 bits per heavy atom. The number of ether oxygens (including phenoxy) is 1. The molecule has 2 N–H and O–H groups in total. The van der Waals surface area contributed by atoms with Crippen LogP contribution in [0.2, 0.25) is 0 Å². The maximum absolute atomic E-state index is 12.0. The van der Waals surface area contributed by atoms with Crippen LogP contribution in [0.4, 0.5) is 5.69 Å². The SMILES string of the molecule is Nc1ccc2sc(C(=O)OCCc3cccs3)cc2c1. The number of benzene rings is 1. The van der Waals surface area contributed by atoms with E-state index in [1.54, 1.807) is 11.3 Å². The van der Waals surface area contributed by atoms with Crippen LogP contribution in [0.3, 0.4) is 0 Å². The zero-order chi connectivity index (χ0) is 13.9. The van der Waals surface area contributed by atoms with Crippen LogP contribution < -0.4 is 5.73 Å². The first kappa shape index (κ1) is 13.1. The van der Waals surface area contributed by atoms with E-state index in [2.05, 4.69) is 0 Å². The normalized spacial score (nSPS) is 10.8. The highest BCUT2D eigenvalue weighted by Gasteiger charge is 2.11. The lowest BCUT2D eigenvalue weighted by Crippen LogP contribution is -2.05. The number of esters is 1. The van der Waals surface area contributed by atoms with E-state index in [0.717, 1.165) is 16.5 Å².